The van der Waals surface area contributed by atoms with Gasteiger partial charge in [-0.25, -0.2) is 19.3 Å². The molecule has 0 radical (unpaired) electrons. The fraction of sp³-hybridized carbons (Fsp3) is 0.211. The van der Waals surface area contributed by atoms with E-state index in [9.17, 15) is 4.39 Å². The van der Waals surface area contributed by atoms with Gasteiger partial charge in [0.15, 0.2) is 11.6 Å². The summed E-state index contributed by atoms with van der Waals surface area (Å²) in [5.74, 6) is 1.51. The third-order valence-corrected chi connectivity index (χ3v) is 4.83. The van der Waals surface area contributed by atoms with Crippen LogP contribution in [0.1, 0.15) is 0 Å². The molecule has 1 aliphatic heterocycles. The van der Waals surface area contributed by atoms with Gasteiger partial charge in [0, 0.05) is 32.4 Å². The summed E-state index contributed by atoms with van der Waals surface area (Å²) in [5.41, 5.74) is 7.37. The minimum atomic E-state index is -0.209. The molecule has 3 heterocycles. The minimum Gasteiger partial charge on any atom is -0.393 e. The summed E-state index contributed by atoms with van der Waals surface area (Å²) in [5, 5.41) is 3.64. The Morgan fingerprint density at radius 1 is 0.964 bits per heavy atom. The van der Waals surface area contributed by atoms with Crippen LogP contribution in [0.3, 0.4) is 0 Å². The van der Waals surface area contributed by atoms with Gasteiger partial charge in [-0.1, -0.05) is 23.7 Å². The van der Waals surface area contributed by atoms with Crippen LogP contribution in [-0.4, -0.2) is 41.1 Å². The fourth-order valence-corrected chi connectivity index (χ4v) is 3.29. The molecule has 28 heavy (non-hydrogen) atoms. The lowest BCUT2D eigenvalue weighted by atomic mass is 10.2. The first-order chi connectivity index (χ1) is 13.6. The van der Waals surface area contributed by atoms with Crippen LogP contribution in [0.2, 0.25) is 5.02 Å². The van der Waals surface area contributed by atoms with Crippen LogP contribution in [0.25, 0.3) is 0 Å². The molecule has 1 aliphatic rings. The number of hydrogen-bond acceptors (Lipinski definition) is 7. The number of benzene rings is 1. The fourth-order valence-electron chi connectivity index (χ4n) is 3.18. The number of hydrogen-bond donors (Lipinski definition) is 2. The SMILES string of the molecule is Nc1c(Nc2ccc(Cl)cn2)ncnc1N1CCN(c2ccccc2F)CC1. The molecule has 1 saturated heterocycles. The zero-order chi connectivity index (χ0) is 19.5. The smallest absolute Gasteiger partial charge is 0.160 e. The number of nitrogens with one attached hydrogen (secondary N) is 1. The molecule has 0 unspecified atom stereocenters. The molecular weight excluding hydrogens is 381 g/mol. The normalized spacial score (nSPS) is 14.2. The van der Waals surface area contributed by atoms with E-state index in [-0.39, 0.29) is 5.82 Å². The first-order valence-corrected chi connectivity index (χ1v) is 9.23. The number of piperazine rings is 1. The topological polar surface area (TPSA) is 83.2 Å². The van der Waals surface area contributed by atoms with Crippen LogP contribution in [0.5, 0.6) is 0 Å². The van der Waals surface area contributed by atoms with Crippen molar-refractivity contribution in [3.05, 3.63) is 59.8 Å². The van der Waals surface area contributed by atoms with Crippen molar-refractivity contribution in [2.24, 2.45) is 0 Å². The summed E-state index contributed by atoms with van der Waals surface area (Å²) in [7, 11) is 0. The van der Waals surface area contributed by atoms with Crippen LogP contribution in [0.4, 0.5) is 33.2 Å². The Morgan fingerprint density at radius 2 is 1.71 bits per heavy atom. The summed E-state index contributed by atoms with van der Waals surface area (Å²) >= 11 is 5.86. The lowest BCUT2D eigenvalue weighted by molar-refractivity contribution is 0.596. The molecule has 0 bridgehead atoms. The summed E-state index contributed by atoms with van der Waals surface area (Å²) in [6.45, 7) is 2.69. The Labute approximate surface area is 167 Å². The highest BCUT2D eigenvalue weighted by Crippen LogP contribution is 2.29. The molecule has 4 rings (SSSR count). The number of nitrogen functional groups attached to an aromatic ring is 1. The number of halogens is 2. The molecule has 9 heteroatoms. The molecule has 7 nitrogen and oxygen atoms in total. The van der Waals surface area contributed by atoms with Gasteiger partial charge in [0.1, 0.15) is 23.6 Å². The second-order valence-electron chi connectivity index (χ2n) is 6.37. The van der Waals surface area contributed by atoms with Gasteiger partial charge >= 0.3 is 0 Å². The average Bonchev–Trinajstić information content (AvgIpc) is 2.72. The van der Waals surface area contributed by atoms with E-state index in [4.69, 9.17) is 17.3 Å². The van der Waals surface area contributed by atoms with Crippen LogP contribution in [-0.2, 0) is 0 Å². The molecule has 1 aromatic carbocycles. The Morgan fingerprint density at radius 3 is 2.43 bits per heavy atom. The zero-order valence-electron chi connectivity index (χ0n) is 15.0. The van der Waals surface area contributed by atoms with Crippen molar-refractivity contribution >= 4 is 40.4 Å². The quantitative estimate of drug-likeness (QED) is 0.696. The van der Waals surface area contributed by atoms with E-state index in [1.54, 1.807) is 30.5 Å². The van der Waals surface area contributed by atoms with Crippen molar-refractivity contribution in [1.82, 2.24) is 15.0 Å². The Hall–Kier alpha value is -3.13. The first-order valence-electron chi connectivity index (χ1n) is 8.85. The van der Waals surface area contributed by atoms with Crippen molar-refractivity contribution in [2.45, 2.75) is 0 Å². The maximum absolute atomic E-state index is 14.0. The number of para-hydroxylation sites is 1. The molecular formula is C19H19ClFN7. The van der Waals surface area contributed by atoms with Crippen molar-refractivity contribution < 1.29 is 4.39 Å². The monoisotopic (exact) mass is 399 g/mol. The lowest BCUT2D eigenvalue weighted by Crippen LogP contribution is -2.47. The summed E-state index contributed by atoms with van der Waals surface area (Å²) in [6.07, 6.45) is 3.01. The van der Waals surface area contributed by atoms with Gasteiger partial charge < -0.3 is 20.9 Å². The van der Waals surface area contributed by atoms with Gasteiger partial charge in [-0.15, -0.1) is 0 Å². The molecule has 3 aromatic rings. The van der Waals surface area contributed by atoms with Crippen LogP contribution >= 0.6 is 11.6 Å². The van der Waals surface area contributed by atoms with Gasteiger partial charge in [0.2, 0.25) is 0 Å². The third-order valence-electron chi connectivity index (χ3n) is 4.61. The largest absolute Gasteiger partial charge is 0.393 e. The third kappa shape index (κ3) is 3.77. The molecule has 0 amide bonds. The zero-order valence-corrected chi connectivity index (χ0v) is 15.8. The maximum Gasteiger partial charge on any atom is 0.160 e. The molecule has 0 aliphatic carbocycles. The predicted octanol–water partition coefficient (Wildman–Crippen LogP) is 3.32. The van der Waals surface area contributed by atoms with E-state index < -0.39 is 0 Å². The predicted molar refractivity (Wildman–Crippen MR) is 110 cm³/mol. The van der Waals surface area contributed by atoms with Gasteiger partial charge in [-0.05, 0) is 24.3 Å². The van der Waals surface area contributed by atoms with Gasteiger partial charge in [0.25, 0.3) is 0 Å². The van der Waals surface area contributed by atoms with Crippen LogP contribution in [0.15, 0.2) is 48.9 Å². The van der Waals surface area contributed by atoms with Crippen LogP contribution in [0, 0.1) is 5.82 Å². The minimum absolute atomic E-state index is 0.209. The van der Waals surface area contributed by atoms with E-state index >= 15 is 0 Å². The van der Waals surface area contributed by atoms with E-state index in [2.05, 4.69) is 25.2 Å². The number of nitrogens with two attached hydrogens (primary N) is 1. The van der Waals surface area contributed by atoms with Crippen molar-refractivity contribution in [3.63, 3.8) is 0 Å². The molecule has 1 fully saturated rings. The number of rotatable bonds is 4. The second-order valence-corrected chi connectivity index (χ2v) is 6.81. The average molecular weight is 400 g/mol. The van der Waals surface area contributed by atoms with Crippen molar-refractivity contribution in [1.29, 1.82) is 0 Å². The summed E-state index contributed by atoms with van der Waals surface area (Å²) in [4.78, 5) is 16.9. The number of aromatic nitrogens is 3. The Balaban J connectivity index is 1.48. The van der Waals surface area contributed by atoms with Crippen LogP contribution < -0.4 is 20.9 Å². The number of anilines is 5. The van der Waals surface area contributed by atoms with E-state index in [1.165, 1.54) is 12.4 Å². The maximum atomic E-state index is 14.0. The second kappa shape index (κ2) is 7.85. The highest BCUT2D eigenvalue weighted by Gasteiger charge is 2.22. The molecule has 0 atom stereocenters. The Bertz CT molecular complexity index is 959. The number of pyridine rings is 1. The van der Waals surface area contributed by atoms with Crippen molar-refractivity contribution in [3.8, 4) is 0 Å². The van der Waals surface area contributed by atoms with E-state index in [0.29, 0.717) is 60.0 Å². The molecule has 144 valence electrons. The van der Waals surface area contributed by atoms with Gasteiger partial charge in [0.05, 0.1) is 10.7 Å². The highest BCUT2D eigenvalue weighted by atomic mass is 35.5. The van der Waals surface area contributed by atoms with E-state index in [1.807, 2.05) is 11.0 Å². The molecule has 0 spiro atoms. The van der Waals surface area contributed by atoms with Gasteiger partial charge in [-0.3, -0.25) is 0 Å². The molecule has 0 saturated carbocycles. The first kappa shape index (κ1) is 18.2. The van der Waals surface area contributed by atoms with Gasteiger partial charge in [-0.2, -0.15) is 0 Å². The summed E-state index contributed by atoms with van der Waals surface area (Å²) < 4.78 is 14.0. The number of nitrogens with zero attached hydrogens (tertiary/aromatic N) is 5. The molecule has 2 aromatic heterocycles. The molecule has 3 N–H and O–H groups in total. The van der Waals surface area contributed by atoms with Crippen molar-refractivity contribution in [2.75, 3.05) is 47.0 Å². The standard InChI is InChI=1S/C19H19ClFN7/c20-13-5-6-16(23-11-13)26-18-17(22)19(25-12-24-18)28-9-7-27(8-10-28)15-4-2-1-3-14(15)21/h1-6,11-12H,7-10,22H2,(H,23,24,25,26). The summed E-state index contributed by atoms with van der Waals surface area (Å²) in [6, 6.07) is 10.3. The van der Waals surface area contributed by atoms with E-state index in [0.717, 1.165) is 0 Å². The Kier molecular flexibility index (Phi) is 5.12. The lowest BCUT2D eigenvalue weighted by Gasteiger charge is -2.37. The highest BCUT2D eigenvalue weighted by molar-refractivity contribution is 6.30.